The van der Waals surface area contributed by atoms with Crippen molar-refractivity contribution in [1.82, 2.24) is 0 Å². The Labute approximate surface area is 156 Å². The van der Waals surface area contributed by atoms with Gasteiger partial charge in [-0.15, -0.1) is 0 Å². The maximum Gasteiger partial charge on any atom is 0.228 e. The molecule has 0 saturated carbocycles. The van der Waals surface area contributed by atoms with E-state index in [-0.39, 0.29) is 12.3 Å². The Morgan fingerprint density at radius 2 is 1.85 bits per heavy atom. The van der Waals surface area contributed by atoms with E-state index in [0.29, 0.717) is 0 Å². The summed E-state index contributed by atoms with van der Waals surface area (Å²) in [5, 5.41) is 6.85. The molecule has 0 aliphatic carbocycles. The number of fused-ring (bicyclic) bond motifs is 2. The number of halogens is 1. The van der Waals surface area contributed by atoms with Gasteiger partial charge in [-0.05, 0) is 53.9 Å². The van der Waals surface area contributed by atoms with Crippen LogP contribution in [0.15, 0.2) is 59.2 Å². The van der Waals surface area contributed by atoms with E-state index in [0.717, 1.165) is 49.1 Å². The van der Waals surface area contributed by atoms with E-state index in [4.69, 9.17) is 16.0 Å². The lowest BCUT2D eigenvalue weighted by molar-refractivity contribution is -0.115. The topological polar surface area (TPSA) is 42.2 Å². The molecule has 4 rings (SSSR count). The molecule has 0 unspecified atom stereocenters. The first kappa shape index (κ1) is 16.7. The minimum absolute atomic E-state index is 0.0842. The highest BCUT2D eigenvalue weighted by Gasteiger charge is 2.16. The molecule has 1 N–H and O–H groups in total. The number of carbonyl (C=O) groups excluding carboxylic acids is 1. The number of carbonyl (C=O) groups is 1. The molecule has 0 atom stereocenters. The van der Waals surface area contributed by atoms with Gasteiger partial charge in [0.05, 0.1) is 12.7 Å². The molecule has 4 aromatic rings. The third-order valence-corrected chi connectivity index (χ3v) is 5.26. The second kappa shape index (κ2) is 6.50. The number of rotatable bonds is 3. The zero-order valence-electron chi connectivity index (χ0n) is 14.6. The van der Waals surface area contributed by atoms with E-state index in [1.807, 2.05) is 62.4 Å². The van der Waals surface area contributed by atoms with Gasteiger partial charge in [0.25, 0.3) is 0 Å². The summed E-state index contributed by atoms with van der Waals surface area (Å²) >= 11 is 6.37. The molecular formula is C22H18ClNO2. The quantitative estimate of drug-likeness (QED) is 0.482. The molecule has 0 spiro atoms. The van der Waals surface area contributed by atoms with E-state index >= 15 is 0 Å². The van der Waals surface area contributed by atoms with Crippen LogP contribution in [0.1, 0.15) is 16.7 Å². The summed E-state index contributed by atoms with van der Waals surface area (Å²) < 4.78 is 5.64. The molecular weight excluding hydrogens is 346 g/mol. The van der Waals surface area contributed by atoms with Gasteiger partial charge in [-0.25, -0.2) is 0 Å². The summed E-state index contributed by atoms with van der Waals surface area (Å²) in [4.78, 5) is 12.5. The fourth-order valence-electron chi connectivity index (χ4n) is 3.38. The molecule has 0 bridgehead atoms. The van der Waals surface area contributed by atoms with Gasteiger partial charge in [-0.2, -0.15) is 0 Å². The molecule has 4 heteroatoms. The number of anilines is 1. The lowest BCUT2D eigenvalue weighted by atomic mass is 10.0. The molecule has 1 aromatic heterocycles. The van der Waals surface area contributed by atoms with Crippen LogP contribution in [-0.2, 0) is 11.2 Å². The van der Waals surface area contributed by atoms with E-state index in [1.54, 1.807) is 6.26 Å². The standard InChI is InChI=1S/C22H18ClNO2/c1-13-9-19-21(14(2)22(13)23)17(12-26-19)11-20(25)24-18-8-7-15-5-3-4-6-16(15)10-18/h3-10,12H,11H2,1-2H3,(H,24,25). The first-order valence-electron chi connectivity index (χ1n) is 8.47. The molecule has 1 amide bonds. The van der Waals surface area contributed by atoms with Crippen molar-refractivity contribution >= 4 is 44.9 Å². The predicted octanol–water partition coefficient (Wildman–Crippen LogP) is 6.04. The number of aryl methyl sites for hydroxylation is 2. The summed E-state index contributed by atoms with van der Waals surface area (Å²) in [5.41, 5.74) is 4.31. The Balaban J connectivity index is 1.60. The number of benzene rings is 3. The molecule has 130 valence electrons. The van der Waals surface area contributed by atoms with Crippen molar-refractivity contribution in [2.45, 2.75) is 20.3 Å². The zero-order chi connectivity index (χ0) is 18.3. The van der Waals surface area contributed by atoms with Crippen molar-refractivity contribution in [1.29, 1.82) is 0 Å². The van der Waals surface area contributed by atoms with Gasteiger partial charge in [0.15, 0.2) is 0 Å². The van der Waals surface area contributed by atoms with Crippen LogP contribution in [0.5, 0.6) is 0 Å². The van der Waals surface area contributed by atoms with E-state index < -0.39 is 0 Å². The number of furan rings is 1. The Morgan fingerprint density at radius 3 is 2.65 bits per heavy atom. The van der Waals surface area contributed by atoms with Crippen LogP contribution in [0.25, 0.3) is 21.7 Å². The summed E-state index contributed by atoms with van der Waals surface area (Å²) in [7, 11) is 0. The maximum atomic E-state index is 12.5. The summed E-state index contributed by atoms with van der Waals surface area (Å²) in [6, 6.07) is 15.9. The third kappa shape index (κ3) is 2.95. The van der Waals surface area contributed by atoms with Crippen molar-refractivity contribution < 1.29 is 9.21 Å². The first-order chi connectivity index (χ1) is 12.5. The SMILES string of the molecule is Cc1cc2occ(CC(=O)Nc3ccc4ccccc4c3)c2c(C)c1Cl. The highest BCUT2D eigenvalue weighted by atomic mass is 35.5. The van der Waals surface area contributed by atoms with Crippen molar-refractivity contribution in [3.63, 3.8) is 0 Å². The molecule has 0 saturated heterocycles. The van der Waals surface area contributed by atoms with Gasteiger partial charge in [0.1, 0.15) is 5.58 Å². The lowest BCUT2D eigenvalue weighted by Gasteiger charge is -2.08. The third-order valence-electron chi connectivity index (χ3n) is 4.68. The van der Waals surface area contributed by atoms with E-state index in [1.165, 1.54) is 0 Å². The monoisotopic (exact) mass is 363 g/mol. The van der Waals surface area contributed by atoms with Gasteiger partial charge >= 0.3 is 0 Å². The van der Waals surface area contributed by atoms with Crippen molar-refractivity contribution in [2.75, 3.05) is 5.32 Å². The van der Waals surface area contributed by atoms with Crippen LogP contribution in [0.2, 0.25) is 5.02 Å². The fraction of sp³-hybridized carbons (Fsp3) is 0.136. The van der Waals surface area contributed by atoms with Crippen molar-refractivity contribution in [3.05, 3.63) is 76.5 Å². The smallest absolute Gasteiger partial charge is 0.228 e. The Morgan fingerprint density at radius 1 is 1.08 bits per heavy atom. The van der Waals surface area contributed by atoms with Crippen LogP contribution in [0, 0.1) is 13.8 Å². The zero-order valence-corrected chi connectivity index (χ0v) is 15.4. The van der Waals surface area contributed by atoms with E-state index in [2.05, 4.69) is 5.32 Å². The Kier molecular flexibility index (Phi) is 4.17. The molecule has 0 aliphatic rings. The van der Waals surface area contributed by atoms with Gasteiger partial charge in [-0.3, -0.25) is 4.79 Å². The molecule has 3 nitrogen and oxygen atoms in total. The predicted molar refractivity (Wildman–Crippen MR) is 107 cm³/mol. The average Bonchev–Trinajstić information content (AvgIpc) is 3.02. The van der Waals surface area contributed by atoms with Crippen LogP contribution in [0.3, 0.4) is 0 Å². The van der Waals surface area contributed by atoms with Gasteiger partial charge < -0.3 is 9.73 Å². The Bertz CT molecular complexity index is 1140. The number of nitrogens with one attached hydrogen (secondary N) is 1. The molecule has 3 aromatic carbocycles. The number of hydrogen-bond acceptors (Lipinski definition) is 2. The Hall–Kier alpha value is -2.78. The van der Waals surface area contributed by atoms with Crippen molar-refractivity contribution in [2.24, 2.45) is 0 Å². The highest BCUT2D eigenvalue weighted by Crippen LogP contribution is 2.33. The maximum absolute atomic E-state index is 12.5. The second-order valence-corrected chi connectivity index (χ2v) is 6.93. The van der Waals surface area contributed by atoms with Crippen LogP contribution in [-0.4, -0.2) is 5.91 Å². The highest BCUT2D eigenvalue weighted by molar-refractivity contribution is 6.33. The largest absolute Gasteiger partial charge is 0.464 e. The van der Waals surface area contributed by atoms with Gasteiger partial charge in [-0.1, -0.05) is 41.9 Å². The molecule has 0 fully saturated rings. The van der Waals surface area contributed by atoms with E-state index in [9.17, 15) is 4.79 Å². The first-order valence-corrected chi connectivity index (χ1v) is 8.85. The van der Waals surface area contributed by atoms with Crippen molar-refractivity contribution in [3.8, 4) is 0 Å². The van der Waals surface area contributed by atoms with Crippen LogP contribution < -0.4 is 5.32 Å². The average molecular weight is 364 g/mol. The minimum Gasteiger partial charge on any atom is -0.464 e. The van der Waals surface area contributed by atoms with Crippen LogP contribution in [0.4, 0.5) is 5.69 Å². The van der Waals surface area contributed by atoms with Gasteiger partial charge in [0.2, 0.25) is 5.91 Å². The summed E-state index contributed by atoms with van der Waals surface area (Å²) in [5.74, 6) is -0.0842. The van der Waals surface area contributed by atoms with Gasteiger partial charge in [0, 0.05) is 21.7 Å². The second-order valence-electron chi connectivity index (χ2n) is 6.55. The molecule has 0 radical (unpaired) electrons. The normalized spacial score (nSPS) is 11.2. The summed E-state index contributed by atoms with van der Waals surface area (Å²) in [6.45, 7) is 3.90. The fourth-order valence-corrected chi connectivity index (χ4v) is 3.53. The molecule has 0 aliphatic heterocycles. The summed E-state index contributed by atoms with van der Waals surface area (Å²) in [6.07, 6.45) is 1.88. The lowest BCUT2D eigenvalue weighted by Crippen LogP contribution is -2.14. The number of amides is 1. The number of hydrogen-bond donors (Lipinski definition) is 1. The van der Waals surface area contributed by atoms with Crippen LogP contribution >= 0.6 is 11.6 Å². The molecule has 26 heavy (non-hydrogen) atoms. The minimum atomic E-state index is -0.0842. The molecule has 1 heterocycles.